The molecule has 1 N–H and O–H groups in total. The van der Waals surface area contributed by atoms with Gasteiger partial charge in [0.05, 0.1) is 11.9 Å². The molecular formula is C16H26N2O3S. The van der Waals surface area contributed by atoms with Gasteiger partial charge < -0.3 is 5.32 Å². The topological polar surface area (TPSA) is 66.5 Å². The van der Waals surface area contributed by atoms with Crippen LogP contribution < -0.4 is 9.62 Å². The van der Waals surface area contributed by atoms with Gasteiger partial charge in [-0.05, 0) is 51.3 Å². The van der Waals surface area contributed by atoms with Crippen LogP contribution in [0.2, 0.25) is 0 Å². The summed E-state index contributed by atoms with van der Waals surface area (Å²) in [7, 11) is -3.57. The molecule has 5 nitrogen and oxygen atoms in total. The molecule has 0 unspecified atom stereocenters. The van der Waals surface area contributed by atoms with E-state index in [2.05, 4.69) is 5.32 Å². The van der Waals surface area contributed by atoms with Gasteiger partial charge in [-0.25, -0.2) is 8.42 Å². The van der Waals surface area contributed by atoms with Gasteiger partial charge in [0.25, 0.3) is 0 Å². The number of nitrogens with zero attached hydrogens (tertiary/aromatic N) is 1. The van der Waals surface area contributed by atoms with E-state index in [0.717, 1.165) is 23.8 Å². The summed E-state index contributed by atoms with van der Waals surface area (Å²) < 4.78 is 25.7. The maximum absolute atomic E-state index is 12.4. The van der Waals surface area contributed by atoms with Gasteiger partial charge in [0.1, 0.15) is 6.04 Å². The summed E-state index contributed by atoms with van der Waals surface area (Å²) in [5.74, 6) is -0.291. The lowest BCUT2D eigenvalue weighted by Crippen LogP contribution is -2.50. The summed E-state index contributed by atoms with van der Waals surface area (Å²) in [6.45, 7) is 9.21. The van der Waals surface area contributed by atoms with Crippen LogP contribution in [0.1, 0.15) is 38.3 Å². The molecule has 0 aliphatic carbocycles. The molecule has 6 heteroatoms. The number of amides is 1. The number of anilines is 1. The average Bonchev–Trinajstić information content (AvgIpc) is 2.41. The molecule has 0 bridgehead atoms. The third-order valence-electron chi connectivity index (χ3n) is 3.69. The first kappa shape index (κ1) is 18.5. The van der Waals surface area contributed by atoms with Crippen LogP contribution in [0.3, 0.4) is 0 Å². The molecule has 1 rings (SSSR count). The molecule has 0 saturated heterocycles. The Morgan fingerprint density at radius 3 is 2.36 bits per heavy atom. The lowest BCUT2D eigenvalue weighted by molar-refractivity contribution is -0.122. The van der Waals surface area contributed by atoms with Crippen molar-refractivity contribution in [2.75, 3.05) is 10.6 Å². The molecule has 0 aliphatic rings. The Bertz CT molecular complexity index is 641. The average molecular weight is 326 g/mol. The van der Waals surface area contributed by atoms with Crippen LogP contribution in [-0.4, -0.2) is 32.7 Å². The van der Waals surface area contributed by atoms with Crippen molar-refractivity contribution < 1.29 is 13.2 Å². The van der Waals surface area contributed by atoms with E-state index in [0.29, 0.717) is 5.69 Å². The number of carbonyl (C=O) groups excluding carboxylic acids is 1. The van der Waals surface area contributed by atoms with E-state index in [1.165, 1.54) is 4.31 Å². The molecule has 2 atom stereocenters. The number of rotatable bonds is 6. The van der Waals surface area contributed by atoms with Crippen molar-refractivity contribution in [1.29, 1.82) is 0 Å². The van der Waals surface area contributed by atoms with Crippen molar-refractivity contribution in [2.24, 2.45) is 0 Å². The van der Waals surface area contributed by atoms with E-state index >= 15 is 0 Å². The summed E-state index contributed by atoms with van der Waals surface area (Å²) in [6, 6.07) is 4.79. The molecule has 0 spiro atoms. The van der Waals surface area contributed by atoms with Gasteiger partial charge in [0.15, 0.2) is 0 Å². The second kappa shape index (κ2) is 7.13. The standard InChI is InChI=1S/C16H26N2O3S/c1-7-13(4)17-16(19)14(5)18(22(6,20)21)15-10-11(2)8-9-12(15)3/h8-10,13-14H,7H2,1-6H3,(H,17,19)/t13-,14-/m1/s1. The molecule has 1 aromatic carbocycles. The number of carbonyl (C=O) groups is 1. The maximum Gasteiger partial charge on any atom is 0.243 e. The second-order valence-corrected chi connectivity index (χ2v) is 7.70. The molecular weight excluding hydrogens is 300 g/mol. The number of aryl methyl sites for hydroxylation is 2. The first-order valence-corrected chi connectivity index (χ1v) is 9.29. The van der Waals surface area contributed by atoms with E-state index < -0.39 is 16.1 Å². The molecule has 1 aromatic rings. The highest BCUT2D eigenvalue weighted by atomic mass is 32.2. The van der Waals surface area contributed by atoms with Gasteiger partial charge in [0, 0.05) is 6.04 Å². The van der Waals surface area contributed by atoms with Crippen LogP contribution in [0.25, 0.3) is 0 Å². The zero-order chi connectivity index (χ0) is 17.1. The van der Waals surface area contributed by atoms with Gasteiger partial charge in [0.2, 0.25) is 15.9 Å². The molecule has 0 radical (unpaired) electrons. The third kappa shape index (κ3) is 4.47. The SMILES string of the molecule is CC[C@@H](C)NC(=O)[C@@H](C)N(c1cc(C)ccc1C)S(C)(=O)=O. The number of nitrogens with one attached hydrogen (secondary N) is 1. The highest BCUT2D eigenvalue weighted by Gasteiger charge is 2.30. The zero-order valence-corrected chi connectivity index (χ0v) is 15.0. The predicted octanol–water partition coefficient (Wildman–Crippen LogP) is 2.37. The molecule has 0 fully saturated rings. The van der Waals surface area contributed by atoms with E-state index in [9.17, 15) is 13.2 Å². The Kier molecular flexibility index (Phi) is 6.00. The zero-order valence-electron chi connectivity index (χ0n) is 14.2. The lowest BCUT2D eigenvalue weighted by Gasteiger charge is -2.30. The van der Waals surface area contributed by atoms with Crippen LogP contribution in [0, 0.1) is 13.8 Å². The minimum absolute atomic E-state index is 0.00923. The van der Waals surface area contributed by atoms with Gasteiger partial charge in [-0.2, -0.15) is 0 Å². The predicted molar refractivity (Wildman–Crippen MR) is 90.6 cm³/mol. The lowest BCUT2D eigenvalue weighted by atomic mass is 10.1. The van der Waals surface area contributed by atoms with Crippen LogP contribution in [0.4, 0.5) is 5.69 Å². The molecule has 0 aliphatic heterocycles. The normalized spacial score (nSPS) is 14.3. The van der Waals surface area contributed by atoms with Gasteiger partial charge >= 0.3 is 0 Å². The Labute approximate surface area is 133 Å². The first-order valence-electron chi connectivity index (χ1n) is 7.45. The summed E-state index contributed by atoms with van der Waals surface area (Å²) in [5.41, 5.74) is 2.32. The highest BCUT2D eigenvalue weighted by Crippen LogP contribution is 2.26. The molecule has 0 saturated carbocycles. The molecule has 22 heavy (non-hydrogen) atoms. The van der Waals surface area contributed by atoms with Crippen LogP contribution in [0.5, 0.6) is 0 Å². The summed E-state index contributed by atoms with van der Waals surface area (Å²) >= 11 is 0. The van der Waals surface area contributed by atoms with Crippen molar-refractivity contribution in [3.05, 3.63) is 29.3 Å². The second-order valence-electron chi connectivity index (χ2n) is 5.84. The number of hydrogen-bond acceptors (Lipinski definition) is 3. The van der Waals surface area contributed by atoms with Crippen LogP contribution in [-0.2, 0) is 14.8 Å². The Hall–Kier alpha value is -1.56. The maximum atomic E-state index is 12.4. The Morgan fingerprint density at radius 1 is 1.27 bits per heavy atom. The van der Waals surface area contributed by atoms with Crippen LogP contribution in [0.15, 0.2) is 18.2 Å². The largest absolute Gasteiger partial charge is 0.352 e. The third-order valence-corrected chi connectivity index (χ3v) is 4.92. The van der Waals surface area contributed by atoms with Crippen molar-refractivity contribution in [3.63, 3.8) is 0 Å². The fourth-order valence-electron chi connectivity index (χ4n) is 2.20. The molecule has 0 aromatic heterocycles. The first-order chi connectivity index (χ1) is 10.1. The fourth-order valence-corrected chi connectivity index (χ4v) is 3.43. The van der Waals surface area contributed by atoms with Gasteiger partial charge in [-0.15, -0.1) is 0 Å². The molecule has 0 heterocycles. The Morgan fingerprint density at radius 2 is 1.86 bits per heavy atom. The van der Waals surface area contributed by atoms with Gasteiger partial charge in [-0.1, -0.05) is 19.1 Å². The number of sulfonamides is 1. The van der Waals surface area contributed by atoms with Crippen molar-refractivity contribution >= 4 is 21.6 Å². The van der Waals surface area contributed by atoms with E-state index in [4.69, 9.17) is 0 Å². The minimum atomic E-state index is -3.57. The van der Waals surface area contributed by atoms with Crippen molar-refractivity contribution in [2.45, 2.75) is 53.1 Å². The van der Waals surface area contributed by atoms with Crippen molar-refractivity contribution in [1.82, 2.24) is 5.32 Å². The molecule has 124 valence electrons. The Balaban J connectivity index is 3.25. The smallest absolute Gasteiger partial charge is 0.243 e. The van der Waals surface area contributed by atoms with Crippen LogP contribution >= 0.6 is 0 Å². The van der Waals surface area contributed by atoms with E-state index in [1.54, 1.807) is 13.0 Å². The van der Waals surface area contributed by atoms with Crippen molar-refractivity contribution in [3.8, 4) is 0 Å². The van der Waals surface area contributed by atoms with Gasteiger partial charge in [-0.3, -0.25) is 9.10 Å². The minimum Gasteiger partial charge on any atom is -0.352 e. The summed E-state index contributed by atoms with van der Waals surface area (Å²) in [6.07, 6.45) is 1.92. The van der Waals surface area contributed by atoms with E-state index in [-0.39, 0.29) is 11.9 Å². The molecule has 1 amide bonds. The van der Waals surface area contributed by atoms with E-state index in [1.807, 2.05) is 39.8 Å². The fraction of sp³-hybridized carbons (Fsp3) is 0.562. The highest BCUT2D eigenvalue weighted by molar-refractivity contribution is 7.92. The number of benzene rings is 1. The summed E-state index contributed by atoms with van der Waals surface area (Å²) in [4.78, 5) is 12.4. The summed E-state index contributed by atoms with van der Waals surface area (Å²) in [5, 5.41) is 2.84. The quantitative estimate of drug-likeness (QED) is 0.873. The monoisotopic (exact) mass is 326 g/mol. The number of hydrogen-bond donors (Lipinski definition) is 1.